The van der Waals surface area contributed by atoms with Crippen molar-refractivity contribution < 1.29 is 0 Å². The van der Waals surface area contributed by atoms with Crippen molar-refractivity contribution in [2.24, 2.45) is 11.5 Å². The molecule has 0 bridgehead atoms. The van der Waals surface area contributed by atoms with Crippen molar-refractivity contribution in [3.8, 4) is 16.8 Å². The Labute approximate surface area is 284 Å². The Hall–Kier alpha value is -5.81. The van der Waals surface area contributed by atoms with E-state index in [1.807, 2.05) is 31.2 Å². The van der Waals surface area contributed by atoms with Gasteiger partial charge in [0, 0.05) is 34.6 Å². The molecule has 6 aromatic rings. The maximum Gasteiger partial charge on any atom is 0.0619 e. The van der Waals surface area contributed by atoms with Gasteiger partial charge in [-0.1, -0.05) is 141 Å². The predicted octanol–water partition coefficient (Wildman–Crippen LogP) is 10.7. The maximum absolute atomic E-state index is 7.70. The van der Waals surface area contributed by atoms with Gasteiger partial charge in [-0.2, -0.15) is 0 Å². The Morgan fingerprint density at radius 1 is 0.792 bits per heavy atom. The van der Waals surface area contributed by atoms with E-state index in [0.717, 1.165) is 44.6 Å². The highest BCUT2D eigenvalue weighted by molar-refractivity contribution is 6.19. The summed E-state index contributed by atoms with van der Waals surface area (Å²) >= 11 is 0. The number of aromatic nitrogens is 1. The SMILES string of the molecule is C=C/C=C(\C=N)c1ccc(-c2ccc3c(ccc4c5ccc(/C=C/C(=C)CN)cc5n(-c5ccccc5)c34)c2)cc1.C=C/C=C\C.CN. The second-order valence-corrected chi connectivity index (χ2v) is 10.9. The molecule has 0 fully saturated rings. The van der Waals surface area contributed by atoms with Crippen molar-refractivity contribution in [3.05, 3.63) is 176 Å². The molecule has 5 aromatic carbocycles. The fourth-order valence-electron chi connectivity index (χ4n) is 5.61. The second-order valence-electron chi connectivity index (χ2n) is 10.9. The van der Waals surface area contributed by atoms with E-state index in [1.54, 1.807) is 12.2 Å². The molecule has 0 unspecified atom stereocenters. The van der Waals surface area contributed by atoms with Crippen molar-refractivity contribution in [1.82, 2.24) is 4.57 Å². The highest BCUT2D eigenvalue weighted by Gasteiger charge is 2.16. The van der Waals surface area contributed by atoms with Crippen LogP contribution in [-0.4, -0.2) is 24.4 Å². The summed E-state index contributed by atoms with van der Waals surface area (Å²) < 4.78 is 2.38. The number of fused-ring (bicyclic) bond motifs is 5. The molecule has 1 heterocycles. The van der Waals surface area contributed by atoms with Gasteiger partial charge in [0.1, 0.15) is 0 Å². The molecule has 0 saturated heterocycles. The van der Waals surface area contributed by atoms with Gasteiger partial charge in [0.15, 0.2) is 0 Å². The number of hydrogen-bond acceptors (Lipinski definition) is 3. The zero-order valence-electron chi connectivity index (χ0n) is 27.9. The summed E-state index contributed by atoms with van der Waals surface area (Å²) in [7, 11) is 1.50. The molecule has 4 nitrogen and oxygen atoms in total. The van der Waals surface area contributed by atoms with Gasteiger partial charge in [0.2, 0.25) is 0 Å². The summed E-state index contributed by atoms with van der Waals surface area (Å²) in [6, 6.07) is 36.7. The van der Waals surface area contributed by atoms with Crippen LogP contribution in [-0.2, 0) is 0 Å². The van der Waals surface area contributed by atoms with E-state index in [0.29, 0.717) is 6.54 Å². The topological polar surface area (TPSA) is 80.8 Å². The lowest BCUT2D eigenvalue weighted by atomic mass is 9.97. The second kappa shape index (κ2) is 17.2. The van der Waals surface area contributed by atoms with Crippen LogP contribution in [0.5, 0.6) is 0 Å². The largest absolute Gasteiger partial charge is 0.333 e. The lowest BCUT2D eigenvalue weighted by molar-refractivity contribution is 1.19. The van der Waals surface area contributed by atoms with Gasteiger partial charge in [-0.15, -0.1) is 0 Å². The van der Waals surface area contributed by atoms with Gasteiger partial charge in [-0.25, -0.2) is 0 Å². The molecule has 0 amide bonds. The van der Waals surface area contributed by atoms with E-state index in [-0.39, 0.29) is 0 Å². The molecule has 48 heavy (non-hydrogen) atoms. The van der Waals surface area contributed by atoms with Gasteiger partial charge in [0.05, 0.1) is 11.0 Å². The molecule has 0 aliphatic heterocycles. The minimum atomic E-state index is 0.443. The van der Waals surface area contributed by atoms with Crippen LogP contribution >= 0.6 is 0 Å². The van der Waals surface area contributed by atoms with Crippen molar-refractivity contribution in [1.29, 1.82) is 5.41 Å². The van der Waals surface area contributed by atoms with E-state index >= 15 is 0 Å². The van der Waals surface area contributed by atoms with Crippen LogP contribution in [0.25, 0.3) is 61.0 Å². The molecule has 0 atom stereocenters. The fraction of sp³-hybridized carbons (Fsp3) is 0.0682. The first kappa shape index (κ1) is 35.1. The molecule has 0 aliphatic carbocycles. The third-order valence-electron chi connectivity index (χ3n) is 7.89. The number of nitrogens with two attached hydrogens (primary N) is 2. The summed E-state index contributed by atoms with van der Waals surface area (Å²) in [4.78, 5) is 0. The smallest absolute Gasteiger partial charge is 0.0619 e. The molecule has 240 valence electrons. The molecule has 5 N–H and O–H groups in total. The summed E-state index contributed by atoms with van der Waals surface area (Å²) in [6.45, 7) is 13.6. The molecular formula is C44H44N4. The van der Waals surface area contributed by atoms with Gasteiger partial charge in [-0.3, -0.25) is 0 Å². The van der Waals surface area contributed by atoms with Crippen LogP contribution in [0.1, 0.15) is 18.1 Å². The number of nitrogens with zero attached hydrogens (tertiary/aromatic N) is 1. The Morgan fingerprint density at radius 3 is 2.10 bits per heavy atom. The summed E-state index contributed by atoms with van der Waals surface area (Å²) in [5.41, 5.74) is 19.9. The number of allylic oxidation sites excluding steroid dienone is 6. The van der Waals surface area contributed by atoms with Crippen LogP contribution in [0, 0.1) is 5.41 Å². The van der Waals surface area contributed by atoms with Crippen LogP contribution in [0.2, 0.25) is 0 Å². The van der Waals surface area contributed by atoms with Gasteiger partial charge < -0.3 is 21.4 Å². The van der Waals surface area contributed by atoms with Crippen molar-refractivity contribution in [2.75, 3.05) is 13.6 Å². The number of rotatable bonds is 9. The quantitative estimate of drug-likeness (QED) is 0.110. The normalized spacial score (nSPS) is 11.3. The predicted molar refractivity (Wildman–Crippen MR) is 213 cm³/mol. The molecule has 0 aliphatic rings. The van der Waals surface area contributed by atoms with Crippen LogP contribution < -0.4 is 11.5 Å². The van der Waals surface area contributed by atoms with Crippen LogP contribution in [0.4, 0.5) is 0 Å². The highest BCUT2D eigenvalue weighted by Crippen LogP contribution is 2.38. The third kappa shape index (κ3) is 7.76. The Kier molecular flexibility index (Phi) is 12.6. The minimum Gasteiger partial charge on any atom is -0.333 e. The maximum atomic E-state index is 7.70. The Morgan fingerprint density at radius 2 is 1.48 bits per heavy atom. The van der Waals surface area contributed by atoms with E-state index in [1.165, 1.54) is 40.3 Å². The number of hydrogen-bond donors (Lipinski definition) is 3. The van der Waals surface area contributed by atoms with Gasteiger partial charge >= 0.3 is 0 Å². The third-order valence-corrected chi connectivity index (χ3v) is 7.89. The van der Waals surface area contributed by atoms with Crippen LogP contribution in [0.15, 0.2) is 165 Å². The lowest BCUT2D eigenvalue weighted by Gasteiger charge is -2.11. The average Bonchev–Trinajstić information content (AvgIpc) is 3.48. The molecule has 0 radical (unpaired) electrons. The molecule has 0 saturated carbocycles. The zero-order valence-corrected chi connectivity index (χ0v) is 27.9. The van der Waals surface area contributed by atoms with Crippen molar-refractivity contribution in [2.45, 2.75) is 6.92 Å². The minimum absolute atomic E-state index is 0.443. The standard InChI is InChI=1S/C38H31N3.C5H8.CH5N/c1-3-7-32(25-40)29-15-13-28(14-16-29)30-17-20-34-31(23-30)18-21-36-35-19-12-27(11-10-26(2)24-39)22-37(35)41(38(34)36)33-8-5-4-6-9-33;1-3-5-4-2;1-2/h3-23,25,40H,1-2,24,39H2;3-5H,1H2,2H3;2H2,1H3/b11-10+,32-7+,40-25?;5-4-;. The van der Waals surface area contributed by atoms with Crippen LogP contribution in [0.3, 0.4) is 0 Å². The first-order chi connectivity index (χ1) is 23.5. The monoisotopic (exact) mass is 628 g/mol. The highest BCUT2D eigenvalue weighted by atomic mass is 15.0. The lowest BCUT2D eigenvalue weighted by Crippen LogP contribution is -1.98. The van der Waals surface area contributed by atoms with Gasteiger partial charge in [-0.05, 0) is 77.0 Å². The van der Waals surface area contributed by atoms with Gasteiger partial charge in [0.25, 0.3) is 0 Å². The molecule has 1 aromatic heterocycles. The zero-order chi connectivity index (χ0) is 34.5. The van der Waals surface area contributed by atoms with E-state index in [2.05, 4.69) is 139 Å². The number of nitrogens with one attached hydrogen (secondary N) is 1. The summed E-state index contributed by atoms with van der Waals surface area (Å²) in [5, 5.41) is 12.5. The van der Waals surface area contributed by atoms with E-state index < -0.39 is 0 Å². The Bertz CT molecular complexity index is 2140. The number of benzene rings is 5. The van der Waals surface area contributed by atoms with E-state index in [9.17, 15) is 0 Å². The molecule has 4 heteroatoms. The summed E-state index contributed by atoms with van der Waals surface area (Å²) in [6.07, 6.45) is 14.6. The first-order valence-corrected chi connectivity index (χ1v) is 15.9. The fourth-order valence-corrected chi connectivity index (χ4v) is 5.61. The average molecular weight is 629 g/mol. The van der Waals surface area contributed by atoms with E-state index in [4.69, 9.17) is 11.1 Å². The number of para-hydroxylation sites is 1. The molecule has 6 rings (SSSR count). The summed E-state index contributed by atoms with van der Waals surface area (Å²) in [5.74, 6) is 0. The Balaban J connectivity index is 0.000000682. The van der Waals surface area contributed by atoms with Crippen molar-refractivity contribution >= 4 is 50.4 Å². The first-order valence-electron chi connectivity index (χ1n) is 15.9. The van der Waals surface area contributed by atoms with Crippen molar-refractivity contribution in [3.63, 3.8) is 0 Å². The molecule has 0 spiro atoms. The molecular weight excluding hydrogens is 585 g/mol.